The van der Waals surface area contributed by atoms with Crippen molar-refractivity contribution < 1.29 is 19.1 Å². The van der Waals surface area contributed by atoms with Gasteiger partial charge in [0.05, 0.1) is 18.4 Å². The maximum atomic E-state index is 13.0. The first-order chi connectivity index (χ1) is 12.1. The molecule has 6 nitrogen and oxygen atoms in total. The molecule has 2 aliphatic heterocycles. The highest BCUT2D eigenvalue weighted by atomic mass is 16.5. The Balaban J connectivity index is 1.84. The topological polar surface area (TPSA) is 66.9 Å². The lowest BCUT2D eigenvalue weighted by atomic mass is 9.89. The number of rotatable bonds is 4. The van der Waals surface area contributed by atoms with E-state index in [9.17, 15) is 14.4 Å². The van der Waals surface area contributed by atoms with Gasteiger partial charge < -0.3 is 14.5 Å². The zero-order valence-corrected chi connectivity index (χ0v) is 14.7. The van der Waals surface area contributed by atoms with Crippen molar-refractivity contribution in [2.75, 3.05) is 31.1 Å². The Hall–Kier alpha value is -2.37. The number of hydrogen-bond donors (Lipinski definition) is 0. The molecule has 6 heteroatoms. The number of benzene rings is 1. The number of anilines is 1. The Morgan fingerprint density at radius 2 is 2.00 bits per heavy atom. The summed E-state index contributed by atoms with van der Waals surface area (Å²) in [5.41, 5.74) is 1.59. The van der Waals surface area contributed by atoms with E-state index in [2.05, 4.69) is 0 Å². The third-order valence-electron chi connectivity index (χ3n) is 5.03. The summed E-state index contributed by atoms with van der Waals surface area (Å²) in [5.74, 6) is -0.873. The molecule has 1 aromatic rings. The Labute approximate surface area is 147 Å². The summed E-state index contributed by atoms with van der Waals surface area (Å²) < 4.78 is 5.18. The predicted molar refractivity (Wildman–Crippen MR) is 93.1 cm³/mol. The van der Waals surface area contributed by atoms with Gasteiger partial charge in [0.1, 0.15) is 0 Å². The summed E-state index contributed by atoms with van der Waals surface area (Å²) in [4.78, 5) is 40.7. The van der Waals surface area contributed by atoms with Crippen molar-refractivity contribution in [1.82, 2.24) is 4.90 Å². The van der Waals surface area contributed by atoms with Gasteiger partial charge in [-0.15, -0.1) is 0 Å². The number of likely N-dealkylation sites (tertiary alicyclic amines) is 1. The molecule has 1 saturated heterocycles. The molecule has 0 aliphatic carbocycles. The van der Waals surface area contributed by atoms with E-state index in [4.69, 9.17) is 4.74 Å². The van der Waals surface area contributed by atoms with E-state index in [0.29, 0.717) is 32.7 Å². The summed E-state index contributed by atoms with van der Waals surface area (Å²) in [6.45, 7) is 5.63. The number of nitrogens with zero attached hydrogens (tertiary/aromatic N) is 2. The number of fused-ring (bicyclic) bond motifs is 1. The monoisotopic (exact) mass is 344 g/mol. The van der Waals surface area contributed by atoms with E-state index in [0.717, 1.165) is 11.3 Å². The van der Waals surface area contributed by atoms with Gasteiger partial charge >= 0.3 is 5.97 Å². The highest BCUT2D eigenvalue weighted by molar-refractivity contribution is 6.01. The van der Waals surface area contributed by atoms with Crippen molar-refractivity contribution in [2.24, 2.45) is 5.92 Å². The number of ether oxygens (including phenoxy) is 1. The molecule has 0 spiro atoms. The molecule has 0 unspecified atom stereocenters. The standard InChI is InChI=1S/C19H24N2O4/c1-3-20-12-13(11-17(20)22)18(23)21-10-9-15(19(24)25-4-2)14-7-5-6-8-16(14)21/h5-8,13,15H,3-4,9-12H2,1-2H3/t13-,15+/m1/s1. The minimum absolute atomic E-state index is 0.0286. The average molecular weight is 344 g/mol. The minimum atomic E-state index is -0.336. The summed E-state index contributed by atoms with van der Waals surface area (Å²) in [7, 11) is 0. The maximum Gasteiger partial charge on any atom is 0.313 e. The van der Waals surface area contributed by atoms with Crippen molar-refractivity contribution in [2.45, 2.75) is 32.6 Å². The van der Waals surface area contributed by atoms with Crippen LogP contribution in [0.15, 0.2) is 24.3 Å². The van der Waals surface area contributed by atoms with Gasteiger partial charge in [-0.05, 0) is 31.9 Å². The molecule has 0 saturated carbocycles. The van der Waals surface area contributed by atoms with Crippen LogP contribution < -0.4 is 4.90 Å². The van der Waals surface area contributed by atoms with Crippen LogP contribution in [0.25, 0.3) is 0 Å². The normalized spacial score (nSPS) is 22.7. The molecule has 0 aromatic heterocycles. The molecule has 0 bridgehead atoms. The first kappa shape index (κ1) is 17.5. The van der Waals surface area contributed by atoms with Crippen LogP contribution in [0.1, 0.15) is 38.2 Å². The van der Waals surface area contributed by atoms with Crippen LogP contribution in [0.5, 0.6) is 0 Å². The molecule has 134 valence electrons. The van der Waals surface area contributed by atoms with E-state index >= 15 is 0 Å². The largest absolute Gasteiger partial charge is 0.466 e. The summed E-state index contributed by atoms with van der Waals surface area (Å²) in [6.07, 6.45) is 0.812. The molecule has 2 atom stereocenters. The molecular formula is C19H24N2O4. The summed E-state index contributed by atoms with van der Waals surface area (Å²) in [5, 5.41) is 0. The van der Waals surface area contributed by atoms with Gasteiger partial charge in [-0.2, -0.15) is 0 Å². The van der Waals surface area contributed by atoms with Crippen molar-refractivity contribution in [3.8, 4) is 0 Å². The third kappa shape index (κ3) is 3.25. The Bertz CT molecular complexity index is 688. The van der Waals surface area contributed by atoms with Crippen molar-refractivity contribution in [3.63, 3.8) is 0 Å². The second-order valence-corrected chi connectivity index (χ2v) is 6.48. The van der Waals surface area contributed by atoms with Crippen LogP contribution in [-0.4, -0.2) is 48.9 Å². The molecule has 1 aromatic carbocycles. The number of esters is 1. The lowest BCUT2D eigenvalue weighted by molar-refractivity contribution is -0.145. The quantitative estimate of drug-likeness (QED) is 0.783. The van der Waals surface area contributed by atoms with Gasteiger partial charge in [-0.3, -0.25) is 14.4 Å². The van der Waals surface area contributed by atoms with Crippen LogP contribution in [0, 0.1) is 5.92 Å². The molecule has 2 amide bonds. The van der Waals surface area contributed by atoms with Gasteiger partial charge in [0.25, 0.3) is 0 Å². The minimum Gasteiger partial charge on any atom is -0.466 e. The zero-order valence-electron chi connectivity index (χ0n) is 14.7. The van der Waals surface area contributed by atoms with E-state index < -0.39 is 0 Å². The van der Waals surface area contributed by atoms with Gasteiger partial charge in [0.15, 0.2) is 0 Å². The highest BCUT2D eigenvalue weighted by Gasteiger charge is 2.39. The molecule has 1 fully saturated rings. The fourth-order valence-corrected chi connectivity index (χ4v) is 3.74. The average Bonchev–Trinajstić information content (AvgIpc) is 3.01. The maximum absolute atomic E-state index is 13.0. The number of amides is 2. The fourth-order valence-electron chi connectivity index (χ4n) is 3.74. The molecular weight excluding hydrogens is 320 g/mol. The van der Waals surface area contributed by atoms with Gasteiger partial charge in [-0.1, -0.05) is 18.2 Å². The molecule has 0 radical (unpaired) electrons. The van der Waals surface area contributed by atoms with Crippen LogP contribution in [0.4, 0.5) is 5.69 Å². The number of hydrogen-bond acceptors (Lipinski definition) is 4. The molecule has 0 N–H and O–H groups in total. The Morgan fingerprint density at radius 1 is 1.24 bits per heavy atom. The van der Waals surface area contributed by atoms with Crippen molar-refractivity contribution >= 4 is 23.5 Å². The summed E-state index contributed by atoms with van der Waals surface area (Å²) in [6, 6.07) is 7.49. The number of carbonyl (C=O) groups is 3. The van der Waals surface area contributed by atoms with Crippen LogP contribution in [0.3, 0.4) is 0 Å². The summed E-state index contributed by atoms with van der Waals surface area (Å²) >= 11 is 0. The highest BCUT2D eigenvalue weighted by Crippen LogP contribution is 2.37. The van der Waals surface area contributed by atoms with Crippen molar-refractivity contribution in [3.05, 3.63) is 29.8 Å². The van der Waals surface area contributed by atoms with Crippen LogP contribution in [-0.2, 0) is 19.1 Å². The van der Waals surface area contributed by atoms with Gasteiger partial charge in [-0.25, -0.2) is 0 Å². The smallest absolute Gasteiger partial charge is 0.313 e. The first-order valence-corrected chi connectivity index (χ1v) is 8.91. The Morgan fingerprint density at radius 3 is 2.68 bits per heavy atom. The number of para-hydroxylation sites is 1. The SMILES string of the molecule is CCOC(=O)[C@H]1CCN(C(=O)[C@@H]2CC(=O)N(CC)C2)c2ccccc21. The van der Waals surface area contributed by atoms with Crippen molar-refractivity contribution in [1.29, 1.82) is 0 Å². The Kier molecular flexibility index (Phi) is 5.06. The predicted octanol–water partition coefficient (Wildman–Crippen LogP) is 1.94. The lowest BCUT2D eigenvalue weighted by Crippen LogP contribution is -2.42. The molecule has 2 aliphatic rings. The van der Waals surface area contributed by atoms with E-state index in [1.54, 1.807) is 16.7 Å². The van der Waals surface area contributed by atoms with E-state index in [1.807, 2.05) is 31.2 Å². The van der Waals surface area contributed by atoms with E-state index in [1.165, 1.54) is 0 Å². The first-order valence-electron chi connectivity index (χ1n) is 8.91. The van der Waals surface area contributed by atoms with Crippen LogP contribution in [0.2, 0.25) is 0 Å². The second-order valence-electron chi connectivity index (χ2n) is 6.48. The van der Waals surface area contributed by atoms with E-state index in [-0.39, 0.29) is 36.0 Å². The molecule has 2 heterocycles. The van der Waals surface area contributed by atoms with Crippen LogP contribution >= 0.6 is 0 Å². The fraction of sp³-hybridized carbons (Fsp3) is 0.526. The molecule has 3 rings (SSSR count). The second kappa shape index (κ2) is 7.25. The zero-order chi connectivity index (χ0) is 18.0. The number of carbonyl (C=O) groups excluding carboxylic acids is 3. The third-order valence-corrected chi connectivity index (χ3v) is 5.03. The molecule has 25 heavy (non-hydrogen) atoms. The lowest BCUT2D eigenvalue weighted by Gasteiger charge is -2.34. The van der Waals surface area contributed by atoms with Gasteiger partial charge in [0.2, 0.25) is 11.8 Å². The van der Waals surface area contributed by atoms with Gasteiger partial charge in [0, 0.05) is 31.7 Å².